The zero-order valence-electron chi connectivity index (χ0n) is 15.5. The molecule has 0 aromatic heterocycles. The molecule has 2 fully saturated rings. The first kappa shape index (κ1) is 21.5. The third kappa shape index (κ3) is 4.63. The van der Waals surface area contributed by atoms with Crippen molar-refractivity contribution in [3.8, 4) is 0 Å². The molecule has 30 heavy (non-hydrogen) atoms. The number of halogens is 3. The number of carbonyl (C=O) groups is 2. The maximum absolute atomic E-state index is 14.0. The Labute approximate surface area is 190 Å². The number of nitrogens with zero attached hydrogens (tertiary/aromatic N) is 1. The van der Waals surface area contributed by atoms with Crippen molar-refractivity contribution < 1.29 is 14.0 Å². The Morgan fingerprint density at radius 2 is 2.07 bits per heavy atom. The van der Waals surface area contributed by atoms with E-state index in [1.54, 1.807) is 35.2 Å². The molecule has 3 atom stereocenters. The van der Waals surface area contributed by atoms with Gasteiger partial charge in [0.25, 0.3) is 0 Å². The van der Waals surface area contributed by atoms with E-state index in [2.05, 4.69) is 37.4 Å². The topological polar surface area (TPSA) is 85.5 Å². The van der Waals surface area contributed by atoms with Gasteiger partial charge in [0.2, 0.25) is 11.8 Å². The molecule has 2 aliphatic rings. The van der Waals surface area contributed by atoms with Gasteiger partial charge in [-0.1, -0.05) is 27.5 Å². The van der Waals surface area contributed by atoms with Crippen LogP contribution in [0.25, 0.3) is 0 Å². The molecule has 3 unspecified atom stereocenters. The second kappa shape index (κ2) is 9.21. The van der Waals surface area contributed by atoms with Crippen LogP contribution in [0, 0.1) is 11.7 Å². The van der Waals surface area contributed by atoms with E-state index < -0.39 is 11.3 Å². The van der Waals surface area contributed by atoms with Gasteiger partial charge >= 0.3 is 0 Å². The number of carbonyl (C=O) groups excluding carboxylic acids is 2. The molecule has 2 heterocycles. The average molecular weight is 515 g/mol. The molecule has 7 nitrogen and oxygen atoms in total. The summed E-state index contributed by atoms with van der Waals surface area (Å²) in [6, 6.07) is 11.4. The highest BCUT2D eigenvalue weighted by Gasteiger charge is 2.44. The summed E-state index contributed by atoms with van der Waals surface area (Å²) < 4.78 is 14.6. The molecule has 4 rings (SSSR count). The SMILES string of the molecule is O=C(CSC1NC2NNCC2C(=O)N1c1ccc(Cl)cc1)Nc1ccc(Br)cc1F. The van der Waals surface area contributed by atoms with E-state index in [1.807, 2.05) is 0 Å². The molecule has 11 heteroatoms. The lowest BCUT2D eigenvalue weighted by molar-refractivity contribution is -0.124. The molecular weight excluding hydrogens is 497 g/mol. The fraction of sp³-hybridized carbons (Fsp3) is 0.263. The fourth-order valence-corrected chi connectivity index (χ4v) is 4.78. The highest BCUT2D eigenvalue weighted by molar-refractivity contribution is 9.10. The monoisotopic (exact) mass is 513 g/mol. The number of thioether (sulfide) groups is 1. The van der Waals surface area contributed by atoms with Crippen molar-refractivity contribution in [3.05, 3.63) is 57.8 Å². The van der Waals surface area contributed by atoms with Crippen molar-refractivity contribution in [1.29, 1.82) is 0 Å². The van der Waals surface area contributed by atoms with Gasteiger partial charge in [-0.3, -0.25) is 25.2 Å². The molecule has 0 bridgehead atoms. The Balaban J connectivity index is 1.47. The van der Waals surface area contributed by atoms with Crippen LogP contribution in [-0.2, 0) is 9.59 Å². The summed E-state index contributed by atoms with van der Waals surface area (Å²) in [4.78, 5) is 27.2. The molecule has 4 N–H and O–H groups in total. The molecule has 0 radical (unpaired) electrons. The highest BCUT2D eigenvalue weighted by Crippen LogP contribution is 2.31. The van der Waals surface area contributed by atoms with E-state index in [-0.39, 0.29) is 35.3 Å². The summed E-state index contributed by atoms with van der Waals surface area (Å²) in [6.45, 7) is 0.501. The van der Waals surface area contributed by atoms with E-state index in [4.69, 9.17) is 11.6 Å². The van der Waals surface area contributed by atoms with Gasteiger partial charge in [0.1, 0.15) is 11.3 Å². The third-order valence-electron chi connectivity index (χ3n) is 4.78. The van der Waals surface area contributed by atoms with Crippen molar-refractivity contribution in [3.63, 3.8) is 0 Å². The highest BCUT2D eigenvalue weighted by atomic mass is 79.9. The van der Waals surface area contributed by atoms with Crippen molar-refractivity contribution >= 4 is 62.5 Å². The van der Waals surface area contributed by atoms with Gasteiger partial charge in [0.15, 0.2) is 0 Å². The predicted octanol–water partition coefficient (Wildman–Crippen LogP) is 2.88. The van der Waals surface area contributed by atoms with Crippen molar-refractivity contribution in [2.45, 2.75) is 11.7 Å². The van der Waals surface area contributed by atoms with Crippen LogP contribution < -0.4 is 26.4 Å². The molecule has 2 aromatic rings. The molecule has 2 saturated heterocycles. The molecular formula is C19H18BrClFN5O2S. The first-order valence-corrected chi connectivity index (χ1v) is 11.3. The second-order valence-electron chi connectivity index (χ2n) is 6.80. The van der Waals surface area contributed by atoms with Gasteiger partial charge in [0.05, 0.1) is 23.5 Å². The smallest absolute Gasteiger partial charge is 0.236 e. The van der Waals surface area contributed by atoms with Gasteiger partial charge in [-0.15, -0.1) is 11.8 Å². The Morgan fingerprint density at radius 3 is 2.80 bits per heavy atom. The lowest BCUT2D eigenvalue weighted by Crippen LogP contribution is -2.64. The first-order valence-electron chi connectivity index (χ1n) is 9.12. The number of benzene rings is 2. The molecule has 0 spiro atoms. The number of hydrogen-bond acceptors (Lipinski definition) is 6. The summed E-state index contributed by atoms with van der Waals surface area (Å²) in [7, 11) is 0. The van der Waals surface area contributed by atoms with E-state index in [1.165, 1.54) is 23.9 Å². The summed E-state index contributed by atoms with van der Waals surface area (Å²) in [6.07, 6.45) is -0.245. The van der Waals surface area contributed by atoms with Crippen molar-refractivity contribution in [2.24, 2.45) is 5.92 Å². The lowest BCUT2D eigenvalue weighted by Gasteiger charge is -2.41. The van der Waals surface area contributed by atoms with Gasteiger partial charge in [-0.05, 0) is 42.5 Å². The Morgan fingerprint density at radius 1 is 1.30 bits per heavy atom. The minimum Gasteiger partial charge on any atom is -0.323 e. The normalized spacial score (nSPS) is 23.4. The molecule has 2 aliphatic heterocycles. The summed E-state index contributed by atoms with van der Waals surface area (Å²) in [5.41, 5.74) is 6.32. The molecule has 0 saturated carbocycles. The van der Waals surface area contributed by atoms with Crippen molar-refractivity contribution in [2.75, 3.05) is 22.5 Å². The van der Waals surface area contributed by atoms with Crippen molar-refractivity contribution in [1.82, 2.24) is 16.2 Å². The minimum atomic E-state index is -0.527. The third-order valence-corrected chi connectivity index (χ3v) is 6.61. The van der Waals surface area contributed by atoms with Crippen LogP contribution in [-0.4, -0.2) is 35.8 Å². The minimum absolute atomic E-state index is 0.0232. The Kier molecular flexibility index (Phi) is 6.61. The number of nitrogens with one attached hydrogen (secondary N) is 4. The van der Waals surface area contributed by atoms with E-state index in [0.717, 1.165) is 0 Å². The Bertz CT molecular complexity index is 966. The van der Waals surface area contributed by atoms with Gasteiger partial charge < -0.3 is 5.32 Å². The summed E-state index contributed by atoms with van der Waals surface area (Å²) >= 11 is 10.4. The quantitative estimate of drug-likeness (QED) is 0.491. The fourth-order valence-electron chi connectivity index (χ4n) is 3.33. The lowest BCUT2D eigenvalue weighted by atomic mass is 10.0. The molecule has 2 amide bonds. The van der Waals surface area contributed by atoms with Crippen LogP contribution in [0.1, 0.15) is 0 Å². The van der Waals surface area contributed by atoms with Crippen LogP contribution in [0.4, 0.5) is 15.8 Å². The van der Waals surface area contributed by atoms with Crippen LogP contribution in [0.15, 0.2) is 46.9 Å². The van der Waals surface area contributed by atoms with Crippen LogP contribution in [0.3, 0.4) is 0 Å². The maximum atomic E-state index is 14.0. The van der Waals surface area contributed by atoms with E-state index in [9.17, 15) is 14.0 Å². The van der Waals surface area contributed by atoms with E-state index in [0.29, 0.717) is 21.7 Å². The second-order valence-corrected chi connectivity index (χ2v) is 9.22. The van der Waals surface area contributed by atoms with Crippen LogP contribution in [0.2, 0.25) is 5.02 Å². The molecule has 158 valence electrons. The Hall–Kier alpha value is -1.69. The zero-order chi connectivity index (χ0) is 21.3. The molecule has 2 aromatic carbocycles. The summed E-state index contributed by atoms with van der Waals surface area (Å²) in [5.74, 6) is -1.21. The van der Waals surface area contributed by atoms with Crippen LogP contribution in [0.5, 0.6) is 0 Å². The number of anilines is 2. The number of amides is 2. The molecule has 0 aliphatic carbocycles. The number of rotatable bonds is 5. The van der Waals surface area contributed by atoms with Gasteiger partial charge in [-0.2, -0.15) is 0 Å². The first-order chi connectivity index (χ1) is 14.4. The number of fused-ring (bicyclic) bond motifs is 1. The van der Waals surface area contributed by atoms with Crippen LogP contribution >= 0.6 is 39.3 Å². The predicted molar refractivity (Wildman–Crippen MR) is 119 cm³/mol. The van der Waals surface area contributed by atoms with Gasteiger partial charge in [-0.25, -0.2) is 9.82 Å². The largest absolute Gasteiger partial charge is 0.323 e. The zero-order valence-corrected chi connectivity index (χ0v) is 18.7. The number of hydrazine groups is 1. The summed E-state index contributed by atoms with van der Waals surface area (Å²) in [5, 5.41) is 6.48. The number of hydrogen-bond donors (Lipinski definition) is 4. The standard InChI is InChI=1S/C19H18BrClFN5O2S/c20-10-1-6-15(14(22)7-10)24-16(28)9-30-19-25-17-13(8-23-26-17)18(29)27(19)12-4-2-11(21)3-5-12/h1-7,13,17,19,23,25-26H,8-9H2,(H,24,28). The average Bonchev–Trinajstić information content (AvgIpc) is 3.19. The maximum Gasteiger partial charge on any atom is 0.236 e. The van der Waals surface area contributed by atoms with E-state index >= 15 is 0 Å². The van der Waals surface area contributed by atoms with Gasteiger partial charge in [0, 0.05) is 21.7 Å².